The Hall–Kier alpha value is -3.31. The number of aromatic nitrogens is 4. The van der Waals surface area contributed by atoms with Crippen LogP contribution in [0.25, 0.3) is 54.5 Å². The molecule has 0 aliphatic heterocycles. The number of nitrogens with one attached hydrogen (secondary N) is 3. The van der Waals surface area contributed by atoms with Crippen LogP contribution in [0.15, 0.2) is 54.7 Å². The predicted molar refractivity (Wildman–Crippen MR) is 122 cm³/mol. The van der Waals surface area contributed by atoms with Crippen LogP contribution in [0, 0.1) is 0 Å². The Kier molecular flexibility index (Phi) is 3.64. The van der Waals surface area contributed by atoms with Gasteiger partial charge in [0.1, 0.15) is 0 Å². The van der Waals surface area contributed by atoms with Gasteiger partial charge >= 0.3 is 0 Å². The molecule has 0 atom stereocenters. The lowest BCUT2D eigenvalue weighted by molar-refractivity contribution is 0.612. The van der Waals surface area contributed by atoms with Gasteiger partial charge in [0.2, 0.25) is 0 Å². The number of hydrogen-bond donors (Lipinski definition) is 3. The molecule has 0 radical (unpaired) electrons. The van der Waals surface area contributed by atoms with Gasteiger partial charge in [0.05, 0.1) is 22.1 Å². The van der Waals surface area contributed by atoms with Crippen LogP contribution >= 0.6 is 0 Å². The van der Waals surface area contributed by atoms with Crippen molar-refractivity contribution in [3.8, 4) is 0 Å². The summed E-state index contributed by atoms with van der Waals surface area (Å²) in [6, 6.07) is 17.2. The van der Waals surface area contributed by atoms with E-state index in [-0.39, 0.29) is 0 Å². The Morgan fingerprint density at radius 1 is 0.931 bits per heavy atom. The van der Waals surface area contributed by atoms with E-state index in [9.17, 15) is 0 Å². The molecule has 0 unspecified atom stereocenters. The summed E-state index contributed by atoms with van der Waals surface area (Å²) in [6.07, 6.45) is 4.36. The third-order valence-electron chi connectivity index (χ3n) is 6.10. The van der Waals surface area contributed by atoms with Crippen LogP contribution in [-0.4, -0.2) is 33.3 Å². The molecule has 0 saturated heterocycles. The molecular weight excluding hydrogens is 358 g/mol. The Morgan fingerprint density at radius 3 is 2.66 bits per heavy atom. The fraction of sp³-hybridized carbons (Fsp3) is 0.208. The zero-order chi connectivity index (χ0) is 19.4. The van der Waals surface area contributed by atoms with E-state index in [0.717, 1.165) is 42.5 Å². The van der Waals surface area contributed by atoms with E-state index in [1.54, 1.807) is 0 Å². The highest BCUT2D eigenvalue weighted by molar-refractivity contribution is 6.34. The summed E-state index contributed by atoms with van der Waals surface area (Å²) in [4.78, 5) is 5.11. The monoisotopic (exact) mass is 381 g/mol. The number of fused-ring (bicyclic) bond motifs is 10. The second-order valence-corrected chi connectivity index (χ2v) is 7.76. The first-order valence-electron chi connectivity index (χ1n) is 10.3. The number of H-pyrrole nitrogens is 2. The van der Waals surface area contributed by atoms with Crippen LogP contribution in [0.1, 0.15) is 12.8 Å². The molecule has 0 fully saturated rings. The SMILES string of the molecule is CNCCCCn1c2ccccc2c2c3[nH][nH]cc3c3c4ccccc4nc3c21. The van der Waals surface area contributed by atoms with Crippen molar-refractivity contribution >= 4 is 54.5 Å². The number of nitrogens with zero attached hydrogens (tertiary/aromatic N) is 2. The second kappa shape index (κ2) is 6.36. The first-order chi connectivity index (χ1) is 14.4. The van der Waals surface area contributed by atoms with Crippen molar-refractivity contribution in [3.63, 3.8) is 0 Å². The average Bonchev–Trinajstić information content (AvgIpc) is 3.44. The van der Waals surface area contributed by atoms with E-state index in [1.165, 1.54) is 38.0 Å². The van der Waals surface area contributed by atoms with Crippen LogP contribution in [-0.2, 0) is 6.54 Å². The fourth-order valence-corrected chi connectivity index (χ4v) is 4.85. The normalized spacial score (nSPS) is 12.3. The second-order valence-electron chi connectivity index (χ2n) is 7.76. The average molecular weight is 381 g/mol. The highest BCUT2D eigenvalue weighted by Crippen LogP contribution is 2.42. The molecule has 6 aromatic rings. The van der Waals surface area contributed by atoms with E-state index >= 15 is 0 Å². The van der Waals surface area contributed by atoms with Crippen LogP contribution < -0.4 is 5.32 Å². The predicted octanol–water partition coefficient (Wildman–Crippen LogP) is 5.30. The topological polar surface area (TPSA) is 61.4 Å². The number of aryl methyl sites for hydroxylation is 1. The zero-order valence-corrected chi connectivity index (χ0v) is 16.4. The Labute approximate surface area is 167 Å². The summed E-state index contributed by atoms with van der Waals surface area (Å²) in [5, 5.41) is 16.1. The molecule has 0 aliphatic rings. The molecule has 0 saturated carbocycles. The molecule has 3 aromatic carbocycles. The first kappa shape index (κ1) is 16.6. The summed E-state index contributed by atoms with van der Waals surface area (Å²) in [7, 11) is 2.02. The van der Waals surface area contributed by atoms with Crippen molar-refractivity contribution < 1.29 is 0 Å². The van der Waals surface area contributed by atoms with E-state index in [4.69, 9.17) is 4.98 Å². The summed E-state index contributed by atoms with van der Waals surface area (Å²) in [6.45, 7) is 2.03. The molecule has 5 nitrogen and oxygen atoms in total. The highest BCUT2D eigenvalue weighted by Gasteiger charge is 2.21. The van der Waals surface area contributed by atoms with Gasteiger partial charge in [0, 0.05) is 45.2 Å². The largest absolute Gasteiger partial charge is 0.339 e. The molecule has 0 spiro atoms. The quantitative estimate of drug-likeness (QED) is 0.355. The van der Waals surface area contributed by atoms with Gasteiger partial charge in [0.25, 0.3) is 0 Å². The maximum Gasteiger partial charge on any atom is 0.0967 e. The number of aromatic amines is 2. The number of para-hydroxylation sites is 2. The van der Waals surface area contributed by atoms with Crippen LogP contribution in [0.4, 0.5) is 0 Å². The molecule has 3 aromatic heterocycles. The molecule has 144 valence electrons. The lowest BCUT2D eigenvalue weighted by Gasteiger charge is -2.08. The molecule has 6 rings (SSSR count). The summed E-state index contributed by atoms with van der Waals surface area (Å²) in [5.41, 5.74) is 5.85. The van der Waals surface area contributed by atoms with Crippen molar-refractivity contribution in [2.45, 2.75) is 19.4 Å². The standard InChI is InChI=1S/C24H23N5/c1-25-12-6-7-13-29-19-11-5-3-9-16(19)21-22-17(14-26-28-22)20-15-8-2-4-10-18(15)27-23(20)24(21)29/h2-5,8-11,14,25-26,28H,6-7,12-13H2,1H3. The fourth-order valence-electron chi connectivity index (χ4n) is 4.85. The lowest BCUT2D eigenvalue weighted by Crippen LogP contribution is -2.08. The van der Waals surface area contributed by atoms with Gasteiger partial charge in [-0.3, -0.25) is 0 Å². The van der Waals surface area contributed by atoms with Gasteiger partial charge < -0.3 is 20.1 Å². The minimum atomic E-state index is 0.986. The van der Waals surface area contributed by atoms with Crippen LogP contribution in [0.2, 0.25) is 0 Å². The number of rotatable bonds is 5. The van der Waals surface area contributed by atoms with E-state index in [0.29, 0.717) is 0 Å². The number of unbranched alkanes of at least 4 members (excludes halogenated alkanes) is 1. The summed E-state index contributed by atoms with van der Waals surface area (Å²) < 4.78 is 2.48. The summed E-state index contributed by atoms with van der Waals surface area (Å²) in [5.74, 6) is 0. The minimum absolute atomic E-state index is 0.986. The van der Waals surface area contributed by atoms with E-state index < -0.39 is 0 Å². The molecule has 3 heterocycles. The Bertz CT molecular complexity index is 1500. The van der Waals surface area contributed by atoms with Crippen molar-refractivity contribution in [1.29, 1.82) is 0 Å². The molecule has 3 N–H and O–H groups in total. The maximum atomic E-state index is 5.11. The van der Waals surface area contributed by atoms with E-state index in [1.807, 2.05) is 7.05 Å². The van der Waals surface area contributed by atoms with Crippen molar-refractivity contribution in [2.75, 3.05) is 13.6 Å². The Morgan fingerprint density at radius 2 is 1.76 bits per heavy atom. The van der Waals surface area contributed by atoms with Crippen LogP contribution in [0.5, 0.6) is 0 Å². The van der Waals surface area contributed by atoms with Crippen LogP contribution in [0.3, 0.4) is 0 Å². The van der Waals surface area contributed by atoms with Crippen molar-refractivity contribution in [2.24, 2.45) is 0 Å². The van der Waals surface area contributed by atoms with Gasteiger partial charge in [-0.1, -0.05) is 36.4 Å². The smallest absolute Gasteiger partial charge is 0.0967 e. The van der Waals surface area contributed by atoms with Gasteiger partial charge in [-0.25, -0.2) is 4.98 Å². The van der Waals surface area contributed by atoms with Gasteiger partial charge in [0.15, 0.2) is 0 Å². The zero-order valence-electron chi connectivity index (χ0n) is 16.4. The van der Waals surface area contributed by atoms with E-state index in [2.05, 4.69) is 74.8 Å². The van der Waals surface area contributed by atoms with Gasteiger partial charge in [-0.05, 0) is 38.6 Å². The summed E-state index contributed by atoms with van der Waals surface area (Å²) >= 11 is 0. The molecular formula is C24H23N5. The molecule has 0 amide bonds. The Balaban J connectivity index is 1.80. The van der Waals surface area contributed by atoms with Crippen molar-refractivity contribution in [1.82, 2.24) is 25.1 Å². The third kappa shape index (κ3) is 2.28. The van der Waals surface area contributed by atoms with Gasteiger partial charge in [-0.15, -0.1) is 0 Å². The lowest BCUT2D eigenvalue weighted by atomic mass is 10.0. The van der Waals surface area contributed by atoms with Crippen molar-refractivity contribution in [3.05, 3.63) is 54.7 Å². The molecule has 0 bridgehead atoms. The molecule has 29 heavy (non-hydrogen) atoms. The highest BCUT2D eigenvalue weighted by atomic mass is 15.1. The number of benzene rings is 3. The minimum Gasteiger partial charge on any atom is -0.339 e. The maximum absolute atomic E-state index is 5.11. The molecule has 5 heteroatoms. The third-order valence-corrected chi connectivity index (χ3v) is 6.10. The molecule has 0 aliphatic carbocycles. The van der Waals surface area contributed by atoms with Gasteiger partial charge in [-0.2, -0.15) is 0 Å². The first-order valence-corrected chi connectivity index (χ1v) is 10.3. The number of hydrogen-bond acceptors (Lipinski definition) is 2.